The van der Waals surface area contributed by atoms with Gasteiger partial charge in [0.15, 0.2) is 0 Å². The number of hydrogen-bond donors (Lipinski definition) is 3. The van der Waals surface area contributed by atoms with E-state index in [9.17, 15) is 9.59 Å². The van der Waals surface area contributed by atoms with Gasteiger partial charge >= 0.3 is 6.03 Å². The van der Waals surface area contributed by atoms with Crippen molar-refractivity contribution in [3.63, 3.8) is 0 Å². The summed E-state index contributed by atoms with van der Waals surface area (Å²) in [7, 11) is 0. The minimum atomic E-state index is -0.466. The lowest BCUT2D eigenvalue weighted by atomic mass is 10.1. The van der Waals surface area contributed by atoms with Gasteiger partial charge in [-0.3, -0.25) is 9.78 Å². The zero-order chi connectivity index (χ0) is 23.5. The van der Waals surface area contributed by atoms with Crippen LogP contribution in [-0.4, -0.2) is 16.9 Å². The summed E-state index contributed by atoms with van der Waals surface area (Å²) in [5.74, 6) is -0.466. The molecule has 4 aromatic rings. The van der Waals surface area contributed by atoms with Crippen LogP contribution in [0.1, 0.15) is 15.9 Å². The first-order valence-corrected chi connectivity index (χ1v) is 10.9. The third-order valence-corrected chi connectivity index (χ3v) is 5.85. The van der Waals surface area contributed by atoms with Gasteiger partial charge in [-0.25, -0.2) is 4.79 Å². The standard InChI is InChI=1S/C24H17Cl3N4O2/c1-13-12-28-22-14(21(13)31-24(33)30-18-10-3-2-7-15(18)25)6-4-11-19(22)29-23(32)20-16(26)8-5-9-17(20)27/h2-12H,1H3,(H,29,32)(H2,28,30,31,33). The van der Waals surface area contributed by atoms with Gasteiger partial charge < -0.3 is 16.0 Å². The molecule has 0 saturated carbocycles. The van der Waals surface area contributed by atoms with Crippen LogP contribution < -0.4 is 16.0 Å². The zero-order valence-corrected chi connectivity index (χ0v) is 19.5. The van der Waals surface area contributed by atoms with Gasteiger partial charge in [0.05, 0.1) is 43.2 Å². The number of fused-ring (bicyclic) bond motifs is 1. The number of benzene rings is 3. The van der Waals surface area contributed by atoms with E-state index in [1.807, 2.05) is 6.92 Å². The van der Waals surface area contributed by atoms with Crippen LogP contribution in [0.15, 0.2) is 66.9 Å². The lowest BCUT2D eigenvalue weighted by Crippen LogP contribution is -2.20. The van der Waals surface area contributed by atoms with Crippen molar-refractivity contribution < 1.29 is 9.59 Å². The van der Waals surface area contributed by atoms with E-state index < -0.39 is 11.9 Å². The minimum Gasteiger partial charge on any atom is -0.320 e. The van der Waals surface area contributed by atoms with Gasteiger partial charge in [0.2, 0.25) is 0 Å². The molecule has 0 radical (unpaired) electrons. The second kappa shape index (κ2) is 9.67. The molecule has 166 valence electrons. The number of rotatable bonds is 4. The summed E-state index contributed by atoms with van der Waals surface area (Å²) in [6, 6.07) is 16.6. The van der Waals surface area contributed by atoms with Gasteiger partial charge in [-0.15, -0.1) is 0 Å². The molecule has 3 N–H and O–H groups in total. The van der Waals surface area contributed by atoms with Gasteiger partial charge in [-0.2, -0.15) is 0 Å². The fourth-order valence-electron chi connectivity index (χ4n) is 3.32. The molecule has 3 amide bonds. The predicted molar refractivity (Wildman–Crippen MR) is 135 cm³/mol. The Morgan fingerprint density at radius 1 is 0.758 bits per heavy atom. The van der Waals surface area contributed by atoms with Crippen molar-refractivity contribution in [3.05, 3.63) is 93.1 Å². The number of aromatic nitrogens is 1. The molecular formula is C24H17Cl3N4O2. The largest absolute Gasteiger partial charge is 0.323 e. The van der Waals surface area contributed by atoms with E-state index in [-0.39, 0.29) is 15.6 Å². The molecule has 0 saturated heterocycles. The normalized spacial score (nSPS) is 10.7. The van der Waals surface area contributed by atoms with Crippen molar-refractivity contribution in [1.29, 1.82) is 0 Å². The van der Waals surface area contributed by atoms with Crippen LogP contribution in [0.3, 0.4) is 0 Å². The molecule has 1 heterocycles. The number of carbonyl (C=O) groups is 2. The second-order valence-electron chi connectivity index (χ2n) is 7.13. The van der Waals surface area contributed by atoms with Crippen molar-refractivity contribution >= 4 is 74.7 Å². The molecule has 3 aromatic carbocycles. The summed E-state index contributed by atoms with van der Waals surface area (Å²) in [5.41, 5.74) is 2.89. The van der Waals surface area contributed by atoms with Crippen LogP contribution in [0.5, 0.6) is 0 Å². The summed E-state index contributed by atoms with van der Waals surface area (Å²) in [4.78, 5) is 30.0. The highest BCUT2D eigenvalue weighted by molar-refractivity contribution is 6.40. The molecule has 0 bridgehead atoms. The number of urea groups is 1. The van der Waals surface area contributed by atoms with Crippen molar-refractivity contribution in [2.45, 2.75) is 6.92 Å². The molecule has 0 unspecified atom stereocenters. The highest BCUT2D eigenvalue weighted by Gasteiger charge is 2.18. The number of nitrogens with one attached hydrogen (secondary N) is 3. The summed E-state index contributed by atoms with van der Waals surface area (Å²) in [6.07, 6.45) is 1.62. The summed E-state index contributed by atoms with van der Waals surface area (Å²) in [5, 5.41) is 9.95. The Morgan fingerprint density at radius 3 is 2.12 bits per heavy atom. The fourth-order valence-corrected chi connectivity index (χ4v) is 4.07. The summed E-state index contributed by atoms with van der Waals surface area (Å²) >= 11 is 18.5. The number of aryl methyl sites for hydroxylation is 1. The topological polar surface area (TPSA) is 83.1 Å². The first-order chi connectivity index (χ1) is 15.8. The Morgan fingerprint density at radius 2 is 1.39 bits per heavy atom. The lowest BCUT2D eigenvalue weighted by molar-refractivity contribution is 0.102. The lowest BCUT2D eigenvalue weighted by Gasteiger charge is -2.15. The second-order valence-corrected chi connectivity index (χ2v) is 8.35. The molecule has 9 heteroatoms. The number of amides is 3. The molecule has 0 spiro atoms. The Kier molecular flexibility index (Phi) is 6.70. The highest BCUT2D eigenvalue weighted by Crippen LogP contribution is 2.32. The third kappa shape index (κ3) is 4.88. The van der Waals surface area contributed by atoms with Crippen molar-refractivity contribution in [3.8, 4) is 0 Å². The van der Waals surface area contributed by atoms with Gasteiger partial charge in [0.25, 0.3) is 5.91 Å². The maximum Gasteiger partial charge on any atom is 0.323 e. The fraction of sp³-hybridized carbons (Fsp3) is 0.0417. The van der Waals surface area contributed by atoms with Crippen LogP contribution in [0.4, 0.5) is 21.9 Å². The van der Waals surface area contributed by atoms with E-state index in [2.05, 4.69) is 20.9 Å². The first kappa shape index (κ1) is 22.9. The van der Waals surface area contributed by atoms with Crippen LogP contribution >= 0.6 is 34.8 Å². The molecule has 33 heavy (non-hydrogen) atoms. The third-order valence-electron chi connectivity index (χ3n) is 4.89. The maximum absolute atomic E-state index is 12.9. The quantitative estimate of drug-likeness (QED) is 0.273. The van der Waals surface area contributed by atoms with Gasteiger partial charge in [0.1, 0.15) is 0 Å². The van der Waals surface area contributed by atoms with Gasteiger partial charge in [0, 0.05) is 11.6 Å². The minimum absolute atomic E-state index is 0.169. The molecule has 1 aromatic heterocycles. The van der Waals surface area contributed by atoms with Crippen molar-refractivity contribution in [2.75, 3.05) is 16.0 Å². The Bertz CT molecular complexity index is 1370. The average molecular weight is 500 g/mol. The predicted octanol–water partition coefficient (Wildman–Crippen LogP) is 7.40. The van der Waals surface area contributed by atoms with Gasteiger partial charge in [-0.1, -0.05) is 65.1 Å². The number of pyridine rings is 1. The Labute approximate surface area is 204 Å². The number of carbonyl (C=O) groups excluding carboxylic acids is 2. The van der Waals surface area contributed by atoms with Crippen LogP contribution in [-0.2, 0) is 0 Å². The first-order valence-electron chi connectivity index (χ1n) is 9.81. The summed E-state index contributed by atoms with van der Waals surface area (Å²) < 4.78 is 0. The van der Waals surface area contributed by atoms with E-state index in [1.165, 1.54) is 0 Å². The average Bonchev–Trinajstić information content (AvgIpc) is 2.77. The molecular weight excluding hydrogens is 483 g/mol. The van der Waals surface area contributed by atoms with Crippen molar-refractivity contribution in [1.82, 2.24) is 4.98 Å². The molecule has 0 fully saturated rings. The van der Waals surface area contributed by atoms with E-state index >= 15 is 0 Å². The smallest absolute Gasteiger partial charge is 0.320 e. The molecule has 0 atom stereocenters. The monoisotopic (exact) mass is 498 g/mol. The molecule has 6 nitrogen and oxygen atoms in total. The highest BCUT2D eigenvalue weighted by atomic mass is 35.5. The molecule has 0 aliphatic heterocycles. The molecule has 0 aliphatic rings. The van der Waals surface area contributed by atoms with E-state index in [0.717, 1.165) is 5.56 Å². The SMILES string of the molecule is Cc1cnc2c(NC(=O)c3c(Cl)cccc3Cl)cccc2c1NC(=O)Nc1ccccc1Cl. The molecule has 0 aliphatic carbocycles. The number of halogens is 3. The Balaban J connectivity index is 1.65. The zero-order valence-electron chi connectivity index (χ0n) is 17.2. The van der Waals surface area contributed by atoms with Crippen LogP contribution in [0.2, 0.25) is 15.1 Å². The molecule has 4 rings (SSSR count). The van der Waals surface area contributed by atoms with Crippen LogP contribution in [0.25, 0.3) is 10.9 Å². The van der Waals surface area contributed by atoms with Gasteiger partial charge in [-0.05, 0) is 42.8 Å². The number of para-hydroxylation sites is 2. The maximum atomic E-state index is 12.9. The van der Waals surface area contributed by atoms with Crippen LogP contribution in [0, 0.1) is 6.92 Å². The van der Waals surface area contributed by atoms with E-state index in [1.54, 1.807) is 66.9 Å². The van der Waals surface area contributed by atoms with Crippen molar-refractivity contribution in [2.24, 2.45) is 0 Å². The van der Waals surface area contributed by atoms with E-state index in [4.69, 9.17) is 34.8 Å². The van der Waals surface area contributed by atoms with E-state index in [0.29, 0.717) is 33.0 Å². The Hall–Kier alpha value is -3.32. The number of hydrogen-bond acceptors (Lipinski definition) is 3. The number of nitrogens with zero attached hydrogens (tertiary/aromatic N) is 1. The summed E-state index contributed by atoms with van der Waals surface area (Å²) in [6.45, 7) is 1.83. The number of anilines is 3.